The summed E-state index contributed by atoms with van der Waals surface area (Å²) in [4.78, 5) is 22.9. The predicted molar refractivity (Wildman–Crippen MR) is 64.8 cm³/mol. The van der Waals surface area contributed by atoms with E-state index in [9.17, 15) is 9.59 Å². The molecule has 0 fully saturated rings. The van der Waals surface area contributed by atoms with Gasteiger partial charge in [0, 0.05) is 5.41 Å². The number of hydrogen-bond acceptors (Lipinski definition) is 4. The maximum absolute atomic E-state index is 11.9. The smallest absolute Gasteiger partial charge is 0.310 e. The fourth-order valence-electron chi connectivity index (χ4n) is 1.77. The van der Waals surface area contributed by atoms with Crippen LogP contribution in [0.15, 0.2) is 12.2 Å². The van der Waals surface area contributed by atoms with Crippen molar-refractivity contribution in [3.05, 3.63) is 12.2 Å². The molecule has 2 N–H and O–H groups in total. The largest absolute Gasteiger partial charge is 0.481 e. The molecule has 0 amide bonds. The molecule has 0 saturated carbocycles. The van der Waals surface area contributed by atoms with Gasteiger partial charge in [-0.25, -0.2) is 0 Å². The Labute approximate surface area is 106 Å². The van der Waals surface area contributed by atoms with E-state index < -0.39 is 29.2 Å². The molecular weight excluding hydrogens is 236 g/mol. The number of carbonyl (C=O) groups is 2. The number of aliphatic hydroxyl groups is 1. The fraction of sp³-hybridized carbons (Fsp3) is 0.692. The third-order valence-electron chi connectivity index (χ3n) is 3.09. The summed E-state index contributed by atoms with van der Waals surface area (Å²) in [5, 5.41) is 18.1. The average Bonchev–Trinajstić information content (AvgIpc) is 2.36. The Balaban J connectivity index is 2.60. The van der Waals surface area contributed by atoms with Crippen molar-refractivity contribution in [1.82, 2.24) is 0 Å². The van der Waals surface area contributed by atoms with Crippen LogP contribution in [0.25, 0.3) is 0 Å². The van der Waals surface area contributed by atoms with E-state index in [0.29, 0.717) is 12.8 Å². The Morgan fingerprint density at radius 2 is 1.83 bits per heavy atom. The highest BCUT2D eigenvalue weighted by Gasteiger charge is 2.35. The normalized spacial score (nSPS) is 23.7. The van der Waals surface area contributed by atoms with Crippen LogP contribution in [0.1, 0.15) is 26.7 Å². The first-order valence-corrected chi connectivity index (χ1v) is 6.02. The lowest BCUT2D eigenvalue weighted by atomic mass is 9.83. The zero-order chi connectivity index (χ0) is 13.8. The number of ether oxygens (including phenoxy) is 1. The van der Waals surface area contributed by atoms with Crippen LogP contribution in [-0.2, 0) is 14.3 Å². The minimum atomic E-state index is -0.970. The van der Waals surface area contributed by atoms with E-state index in [0.717, 1.165) is 0 Å². The first kappa shape index (κ1) is 14.7. The van der Waals surface area contributed by atoms with Crippen LogP contribution in [0.2, 0.25) is 0 Å². The number of carboxylic acid groups (broad SMARTS) is 1. The Morgan fingerprint density at radius 3 is 2.33 bits per heavy atom. The molecule has 5 nitrogen and oxygen atoms in total. The van der Waals surface area contributed by atoms with Crippen LogP contribution in [-0.4, -0.2) is 35.4 Å². The molecular formula is C13H20O5. The van der Waals surface area contributed by atoms with Gasteiger partial charge in [0.1, 0.15) is 0 Å². The number of carbonyl (C=O) groups excluding carboxylic acids is 1. The van der Waals surface area contributed by atoms with Crippen molar-refractivity contribution in [3.63, 3.8) is 0 Å². The zero-order valence-electron chi connectivity index (χ0n) is 10.8. The summed E-state index contributed by atoms with van der Waals surface area (Å²) >= 11 is 0. The zero-order valence-corrected chi connectivity index (χ0v) is 10.8. The summed E-state index contributed by atoms with van der Waals surface area (Å²) in [5.74, 6) is -2.79. The topological polar surface area (TPSA) is 83.8 Å². The van der Waals surface area contributed by atoms with Crippen molar-refractivity contribution in [3.8, 4) is 0 Å². The summed E-state index contributed by atoms with van der Waals surface area (Å²) in [6.07, 6.45) is 4.34. The number of aliphatic carboxylic acids is 1. The fourth-order valence-corrected chi connectivity index (χ4v) is 1.77. The Hall–Kier alpha value is -1.36. The highest BCUT2D eigenvalue weighted by molar-refractivity contribution is 5.81. The van der Waals surface area contributed by atoms with Crippen LogP contribution < -0.4 is 0 Å². The summed E-state index contributed by atoms with van der Waals surface area (Å²) in [6.45, 7) is 3.55. The molecule has 0 aromatic rings. The second kappa shape index (κ2) is 6.00. The molecule has 1 aliphatic carbocycles. The van der Waals surface area contributed by atoms with Crippen LogP contribution in [0.3, 0.4) is 0 Å². The highest BCUT2D eigenvalue weighted by Crippen LogP contribution is 2.27. The minimum Gasteiger partial charge on any atom is -0.481 e. The lowest BCUT2D eigenvalue weighted by Crippen LogP contribution is -2.34. The Morgan fingerprint density at radius 1 is 1.28 bits per heavy atom. The van der Waals surface area contributed by atoms with Gasteiger partial charge < -0.3 is 14.9 Å². The predicted octanol–water partition coefficient (Wildman–Crippen LogP) is 1.22. The second-order valence-corrected chi connectivity index (χ2v) is 5.42. The maximum atomic E-state index is 11.9. The van der Waals surface area contributed by atoms with Gasteiger partial charge in [0.15, 0.2) is 0 Å². The van der Waals surface area contributed by atoms with Gasteiger partial charge in [0.2, 0.25) is 0 Å². The summed E-state index contributed by atoms with van der Waals surface area (Å²) in [6, 6.07) is 0. The van der Waals surface area contributed by atoms with Gasteiger partial charge in [-0.3, -0.25) is 9.59 Å². The number of rotatable bonds is 5. The Bertz CT molecular complexity index is 345. The summed E-state index contributed by atoms with van der Waals surface area (Å²) < 4.78 is 5.12. The molecule has 2 unspecified atom stereocenters. The summed E-state index contributed by atoms with van der Waals surface area (Å²) in [5.41, 5.74) is -0.501. The molecule has 1 rings (SSSR count). The standard InChI is InChI=1S/C13H20O5/c1-13(2,7-14)8-18-12(17)10-6-4-3-5-9(10)11(15)16/h3-4,9-10,14H,5-8H2,1-2H3,(H,15,16). The molecule has 5 heteroatoms. The number of aliphatic hydroxyl groups excluding tert-OH is 1. The molecule has 0 heterocycles. The van der Waals surface area contributed by atoms with Gasteiger partial charge >= 0.3 is 11.9 Å². The van der Waals surface area contributed by atoms with Crippen molar-refractivity contribution in [2.75, 3.05) is 13.2 Å². The monoisotopic (exact) mass is 256 g/mol. The molecule has 0 bridgehead atoms. The molecule has 0 spiro atoms. The van der Waals surface area contributed by atoms with Crippen molar-refractivity contribution < 1.29 is 24.5 Å². The van der Waals surface area contributed by atoms with E-state index in [1.165, 1.54) is 0 Å². The Kier molecular flexibility index (Phi) is 4.90. The van der Waals surface area contributed by atoms with E-state index in [1.807, 2.05) is 6.08 Å². The molecule has 2 atom stereocenters. The van der Waals surface area contributed by atoms with Crippen LogP contribution >= 0.6 is 0 Å². The van der Waals surface area contributed by atoms with Gasteiger partial charge in [-0.05, 0) is 12.8 Å². The van der Waals surface area contributed by atoms with Gasteiger partial charge in [0.25, 0.3) is 0 Å². The minimum absolute atomic E-state index is 0.0901. The average molecular weight is 256 g/mol. The van der Waals surface area contributed by atoms with E-state index in [-0.39, 0.29) is 13.2 Å². The quantitative estimate of drug-likeness (QED) is 0.570. The van der Waals surface area contributed by atoms with Crippen molar-refractivity contribution in [2.45, 2.75) is 26.7 Å². The molecule has 1 aliphatic rings. The van der Waals surface area contributed by atoms with Crippen molar-refractivity contribution in [2.24, 2.45) is 17.3 Å². The molecule has 0 radical (unpaired) electrons. The SMILES string of the molecule is CC(C)(CO)COC(=O)C1CC=CCC1C(=O)O. The van der Waals surface area contributed by atoms with Crippen LogP contribution in [0, 0.1) is 17.3 Å². The van der Waals surface area contributed by atoms with Gasteiger partial charge in [-0.2, -0.15) is 0 Å². The molecule has 0 saturated heterocycles. The maximum Gasteiger partial charge on any atom is 0.310 e. The lowest BCUT2D eigenvalue weighted by Gasteiger charge is -2.26. The van der Waals surface area contributed by atoms with Gasteiger partial charge in [-0.1, -0.05) is 26.0 Å². The van der Waals surface area contributed by atoms with E-state index in [4.69, 9.17) is 14.9 Å². The molecule has 0 aromatic heterocycles. The molecule has 102 valence electrons. The first-order chi connectivity index (χ1) is 8.37. The van der Waals surface area contributed by atoms with Gasteiger partial charge in [-0.15, -0.1) is 0 Å². The lowest BCUT2D eigenvalue weighted by molar-refractivity contribution is -0.160. The van der Waals surface area contributed by atoms with Crippen LogP contribution in [0.4, 0.5) is 0 Å². The van der Waals surface area contributed by atoms with E-state index in [1.54, 1.807) is 19.9 Å². The third kappa shape index (κ3) is 3.84. The second-order valence-electron chi connectivity index (χ2n) is 5.42. The highest BCUT2D eigenvalue weighted by atomic mass is 16.5. The number of hydrogen-bond donors (Lipinski definition) is 2. The third-order valence-corrected chi connectivity index (χ3v) is 3.09. The number of allylic oxidation sites excluding steroid dienone is 2. The summed E-state index contributed by atoms with van der Waals surface area (Å²) in [7, 11) is 0. The van der Waals surface area contributed by atoms with Gasteiger partial charge in [0.05, 0.1) is 25.0 Å². The number of esters is 1. The number of carboxylic acids is 1. The van der Waals surface area contributed by atoms with E-state index >= 15 is 0 Å². The molecule has 0 aliphatic heterocycles. The molecule has 0 aromatic carbocycles. The van der Waals surface area contributed by atoms with Crippen molar-refractivity contribution >= 4 is 11.9 Å². The molecule has 18 heavy (non-hydrogen) atoms. The van der Waals surface area contributed by atoms with E-state index in [2.05, 4.69) is 0 Å². The van der Waals surface area contributed by atoms with Crippen LogP contribution in [0.5, 0.6) is 0 Å². The first-order valence-electron chi connectivity index (χ1n) is 6.02. The van der Waals surface area contributed by atoms with Crippen molar-refractivity contribution in [1.29, 1.82) is 0 Å².